The predicted molar refractivity (Wildman–Crippen MR) is 160 cm³/mol. The lowest BCUT2D eigenvalue weighted by Crippen LogP contribution is -2.30. The largest absolute Gasteiger partial charge is 0.313 e. The summed E-state index contributed by atoms with van der Waals surface area (Å²) in [7, 11) is -2.22. The van der Waals surface area contributed by atoms with Crippen molar-refractivity contribution >= 4 is 38.2 Å². The van der Waals surface area contributed by atoms with Crippen molar-refractivity contribution in [3.63, 3.8) is 0 Å². The van der Waals surface area contributed by atoms with Crippen molar-refractivity contribution in [2.45, 2.75) is 45.2 Å². The number of fused-ring (bicyclic) bond motifs is 1. The normalized spacial score (nSPS) is 13.8. The lowest BCUT2D eigenvalue weighted by molar-refractivity contribution is 0.0942. The quantitative estimate of drug-likeness (QED) is 0.319. The molecule has 0 bridgehead atoms. The lowest BCUT2D eigenvalue weighted by atomic mass is 10.0. The summed E-state index contributed by atoms with van der Waals surface area (Å²) >= 11 is 1.41. The van der Waals surface area contributed by atoms with E-state index in [1.54, 1.807) is 0 Å². The summed E-state index contributed by atoms with van der Waals surface area (Å²) in [6.07, 6.45) is 0.707. The fourth-order valence-electron chi connectivity index (χ4n) is 5.04. The topological polar surface area (TPSA) is 105 Å². The van der Waals surface area contributed by atoms with Gasteiger partial charge in [0.15, 0.2) is 0 Å². The van der Waals surface area contributed by atoms with Gasteiger partial charge in [0, 0.05) is 42.8 Å². The summed E-state index contributed by atoms with van der Waals surface area (Å²) in [6.45, 7) is 8.45. The smallest absolute Gasteiger partial charge is 0.281 e. The highest BCUT2D eigenvalue weighted by atomic mass is 32.2. The Balaban J connectivity index is 1.40. The molecule has 0 atom stereocenters. The van der Waals surface area contributed by atoms with E-state index < -0.39 is 15.9 Å². The Labute approximate surface area is 244 Å². The molecule has 0 saturated heterocycles. The summed E-state index contributed by atoms with van der Waals surface area (Å²) in [5.41, 5.74) is 4.07. The first-order valence-corrected chi connectivity index (χ1v) is 15.7. The molecule has 1 N–H and O–H groups in total. The van der Waals surface area contributed by atoms with Gasteiger partial charge < -0.3 is 5.32 Å². The van der Waals surface area contributed by atoms with Crippen LogP contribution in [-0.2, 0) is 29.5 Å². The minimum absolute atomic E-state index is 0.0964. The molecule has 0 fully saturated rings. The van der Waals surface area contributed by atoms with Crippen molar-refractivity contribution in [1.29, 1.82) is 0 Å². The number of amides is 1. The van der Waals surface area contributed by atoms with Gasteiger partial charge in [0.2, 0.25) is 10.0 Å². The van der Waals surface area contributed by atoms with E-state index in [1.807, 2.05) is 50.2 Å². The number of sulfonamides is 1. The molecule has 2 aromatic carbocycles. The van der Waals surface area contributed by atoms with E-state index in [-0.39, 0.29) is 17.3 Å². The standard InChI is InChI=1S/C30H33N5O4S2/c1-5-34-16-15-25-26(19-34)40-29(27(25)30(37)35-21(3)17-20(2)32-35)31-28(36)23-11-13-24(14-12-23)41(38,39)33(4)18-22-9-7-6-8-10-22/h6-14,17H,5,15-16,18-19H2,1-4H3,(H,31,36). The maximum absolute atomic E-state index is 13.7. The number of hydrogen-bond acceptors (Lipinski definition) is 7. The minimum Gasteiger partial charge on any atom is -0.313 e. The Kier molecular flexibility index (Phi) is 8.23. The first-order valence-electron chi connectivity index (χ1n) is 13.4. The van der Waals surface area contributed by atoms with Gasteiger partial charge in [-0.25, -0.2) is 13.1 Å². The van der Waals surface area contributed by atoms with Gasteiger partial charge in [-0.3, -0.25) is 14.5 Å². The second-order valence-electron chi connectivity index (χ2n) is 10.2. The Morgan fingerprint density at radius 3 is 2.41 bits per heavy atom. The van der Waals surface area contributed by atoms with E-state index in [0.717, 1.165) is 40.5 Å². The van der Waals surface area contributed by atoms with E-state index >= 15 is 0 Å². The van der Waals surface area contributed by atoms with Gasteiger partial charge in [-0.2, -0.15) is 9.40 Å². The van der Waals surface area contributed by atoms with Crippen molar-refractivity contribution in [1.82, 2.24) is 19.0 Å². The third kappa shape index (κ3) is 5.89. The Hall–Kier alpha value is -3.64. The van der Waals surface area contributed by atoms with Crippen LogP contribution in [0.15, 0.2) is 65.6 Å². The molecule has 5 rings (SSSR count). The molecule has 1 aliphatic heterocycles. The SMILES string of the molecule is CCN1CCc2c(sc(NC(=O)c3ccc(S(=O)(=O)N(C)Cc4ccccc4)cc3)c2C(=O)n2nc(C)cc2C)C1. The number of nitrogens with one attached hydrogen (secondary N) is 1. The van der Waals surface area contributed by atoms with Gasteiger partial charge in [-0.1, -0.05) is 37.3 Å². The highest BCUT2D eigenvalue weighted by Crippen LogP contribution is 2.38. The van der Waals surface area contributed by atoms with Crippen LogP contribution in [0.1, 0.15) is 55.0 Å². The number of aryl methyl sites for hydroxylation is 2. The third-order valence-electron chi connectivity index (χ3n) is 7.30. The predicted octanol–water partition coefficient (Wildman–Crippen LogP) is 4.70. The molecule has 41 heavy (non-hydrogen) atoms. The average Bonchev–Trinajstić information content (AvgIpc) is 3.50. The van der Waals surface area contributed by atoms with Crippen LogP contribution >= 0.6 is 11.3 Å². The summed E-state index contributed by atoms with van der Waals surface area (Å²) < 4.78 is 28.9. The molecule has 214 valence electrons. The fraction of sp³-hybridized carbons (Fsp3) is 0.300. The second-order valence-corrected chi connectivity index (χ2v) is 13.3. The van der Waals surface area contributed by atoms with E-state index in [0.29, 0.717) is 29.1 Å². The minimum atomic E-state index is -3.75. The van der Waals surface area contributed by atoms with E-state index in [2.05, 4.69) is 22.2 Å². The highest BCUT2D eigenvalue weighted by Gasteiger charge is 2.30. The van der Waals surface area contributed by atoms with Crippen LogP contribution in [0.25, 0.3) is 0 Å². The molecular weight excluding hydrogens is 558 g/mol. The molecule has 11 heteroatoms. The molecule has 4 aromatic rings. The van der Waals surface area contributed by atoms with Crippen molar-refractivity contribution in [2.75, 3.05) is 25.5 Å². The molecule has 9 nitrogen and oxygen atoms in total. The number of rotatable bonds is 8. The van der Waals surface area contributed by atoms with Crippen LogP contribution < -0.4 is 5.32 Å². The number of likely N-dealkylation sites (N-methyl/N-ethyl adjacent to an activating group) is 1. The number of benzene rings is 2. The van der Waals surface area contributed by atoms with Crippen LogP contribution in [0.4, 0.5) is 5.00 Å². The van der Waals surface area contributed by atoms with Gasteiger partial charge in [-0.15, -0.1) is 11.3 Å². The molecule has 2 aromatic heterocycles. The number of aromatic nitrogens is 2. The Morgan fingerprint density at radius 1 is 1.07 bits per heavy atom. The molecule has 0 radical (unpaired) electrons. The molecule has 0 unspecified atom stereocenters. The van der Waals surface area contributed by atoms with E-state index in [9.17, 15) is 18.0 Å². The monoisotopic (exact) mass is 591 g/mol. The number of nitrogens with zero attached hydrogens (tertiary/aromatic N) is 4. The van der Waals surface area contributed by atoms with E-state index in [4.69, 9.17) is 0 Å². The molecule has 1 amide bonds. The first-order chi connectivity index (χ1) is 19.6. The van der Waals surface area contributed by atoms with E-state index in [1.165, 1.54) is 51.6 Å². The zero-order valence-corrected chi connectivity index (χ0v) is 25.2. The van der Waals surface area contributed by atoms with Gasteiger partial charge in [0.1, 0.15) is 5.00 Å². The number of carbonyl (C=O) groups is 2. The lowest BCUT2D eigenvalue weighted by Gasteiger charge is -2.25. The highest BCUT2D eigenvalue weighted by molar-refractivity contribution is 7.89. The van der Waals surface area contributed by atoms with Crippen molar-refractivity contribution < 1.29 is 18.0 Å². The number of anilines is 1. The van der Waals surface area contributed by atoms with Gasteiger partial charge in [-0.05, 0) is 68.3 Å². The summed E-state index contributed by atoms with van der Waals surface area (Å²) in [6, 6.07) is 17.1. The Bertz CT molecular complexity index is 1690. The first kappa shape index (κ1) is 28.9. The summed E-state index contributed by atoms with van der Waals surface area (Å²) in [5.74, 6) is -0.684. The zero-order valence-electron chi connectivity index (χ0n) is 23.5. The average molecular weight is 592 g/mol. The number of carbonyl (C=O) groups excluding carboxylic acids is 2. The molecule has 3 heterocycles. The van der Waals surface area contributed by atoms with Crippen LogP contribution in [0, 0.1) is 13.8 Å². The Morgan fingerprint density at radius 2 is 1.78 bits per heavy atom. The fourth-order valence-corrected chi connectivity index (χ4v) is 7.48. The third-order valence-corrected chi connectivity index (χ3v) is 10.2. The summed E-state index contributed by atoms with van der Waals surface area (Å²) in [5, 5.41) is 7.81. The molecule has 0 spiro atoms. The van der Waals surface area contributed by atoms with Crippen molar-refractivity contribution in [2.24, 2.45) is 0 Å². The van der Waals surface area contributed by atoms with Gasteiger partial charge in [0.05, 0.1) is 16.2 Å². The number of thiophene rings is 1. The van der Waals surface area contributed by atoms with Crippen LogP contribution in [-0.4, -0.2) is 59.4 Å². The maximum Gasteiger partial charge on any atom is 0.281 e. The second kappa shape index (κ2) is 11.7. The van der Waals surface area contributed by atoms with Crippen LogP contribution in [0.5, 0.6) is 0 Å². The number of hydrogen-bond donors (Lipinski definition) is 1. The molecular formula is C30H33N5O4S2. The molecule has 0 aliphatic carbocycles. The van der Waals surface area contributed by atoms with Crippen LogP contribution in [0.3, 0.4) is 0 Å². The molecule has 1 aliphatic rings. The van der Waals surface area contributed by atoms with Crippen molar-refractivity contribution in [3.05, 3.63) is 99.2 Å². The maximum atomic E-state index is 13.7. The van der Waals surface area contributed by atoms with Gasteiger partial charge in [0.25, 0.3) is 11.8 Å². The van der Waals surface area contributed by atoms with Crippen LogP contribution in [0.2, 0.25) is 0 Å². The zero-order chi connectivity index (χ0) is 29.3. The van der Waals surface area contributed by atoms with Crippen molar-refractivity contribution in [3.8, 4) is 0 Å². The molecule has 0 saturated carbocycles. The summed E-state index contributed by atoms with van der Waals surface area (Å²) in [4.78, 5) is 30.5. The van der Waals surface area contributed by atoms with Gasteiger partial charge >= 0.3 is 0 Å².